The molecule has 0 aliphatic carbocycles. The quantitative estimate of drug-likeness (QED) is 0.833. The Morgan fingerprint density at radius 3 is 2.80 bits per heavy atom. The van der Waals surface area contributed by atoms with E-state index in [-0.39, 0.29) is 11.9 Å². The van der Waals surface area contributed by atoms with Gasteiger partial charge in [0.25, 0.3) is 5.91 Å². The van der Waals surface area contributed by atoms with Crippen molar-refractivity contribution in [2.75, 3.05) is 38.5 Å². The highest BCUT2D eigenvalue weighted by Crippen LogP contribution is 2.24. The molecule has 5 nitrogen and oxygen atoms in total. The Morgan fingerprint density at radius 1 is 1.25 bits per heavy atom. The molecule has 5 heteroatoms. The molecule has 108 valence electrons. The fourth-order valence-electron chi connectivity index (χ4n) is 2.79. The van der Waals surface area contributed by atoms with Gasteiger partial charge in [-0.15, -0.1) is 0 Å². The van der Waals surface area contributed by atoms with Crippen LogP contribution in [0.2, 0.25) is 0 Å². The number of nitrogens with one attached hydrogen (secondary N) is 2. The summed E-state index contributed by atoms with van der Waals surface area (Å²) in [5.41, 5.74) is 5.44. The lowest BCUT2D eigenvalue weighted by Gasteiger charge is -2.34. The highest BCUT2D eigenvalue weighted by atomic mass is 16.2. The molecular weight excluding hydrogens is 252 g/mol. The van der Waals surface area contributed by atoms with Gasteiger partial charge in [-0.3, -0.25) is 10.2 Å². The lowest BCUT2D eigenvalue weighted by molar-refractivity contribution is -0.127. The van der Waals surface area contributed by atoms with E-state index in [0.717, 1.165) is 44.7 Å². The van der Waals surface area contributed by atoms with Crippen LogP contribution >= 0.6 is 0 Å². The summed E-state index contributed by atoms with van der Waals surface area (Å²) in [5.74, 6) is 0.0871. The number of carbonyl (C=O) groups is 1. The van der Waals surface area contributed by atoms with Crippen molar-refractivity contribution in [1.29, 1.82) is 0 Å². The van der Waals surface area contributed by atoms with Crippen LogP contribution in [0.4, 0.5) is 5.69 Å². The van der Waals surface area contributed by atoms with E-state index in [9.17, 15) is 4.79 Å². The number of amides is 1. The van der Waals surface area contributed by atoms with E-state index in [1.165, 1.54) is 5.56 Å². The maximum absolute atomic E-state index is 12.3. The van der Waals surface area contributed by atoms with Crippen molar-refractivity contribution < 1.29 is 4.79 Å². The zero-order valence-electron chi connectivity index (χ0n) is 11.9. The van der Waals surface area contributed by atoms with Gasteiger partial charge >= 0.3 is 0 Å². The van der Waals surface area contributed by atoms with E-state index in [2.05, 4.69) is 28.8 Å². The third kappa shape index (κ3) is 2.94. The number of aryl methyl sites for hydroxylation is 1. The number of hydrogen-bond donors (Lipinski definition) is 2. The van der Waals surface area contributed by atoms with Crippen LogP contribution in [-0.4, -0.2) is 55.1 Å². The summed E-state index contributed by atoms with van der Waals surface area (Å²) in [6, 6.07) is 8.10. The van der Waals surface area contributed by atoms with Crippen LogP contribution in [0, 0.1) is 0 Å². The molecule has 20 heavy (non-hydrogen) atoms. The van der Waals surface area contributed by atoms with Gasteiger partial charge < -0.3 is 10.2 Å². The highest BCUT2D eigenvalue weighted by molar-refractivity contribution is 5.85. The number of carbonyl (C=O) groups excluding carboxylic acids is 1. The smallest absolute Gasteiger partial charge is 0.256 e. The molecule has 0 aromatic heterocycles. The van der Waals surface area contributed by atoms with E-state index in [1.807, 2.05) is 23.2 Å². The topological polar surface area (TPSA) is 47.6 Å². The Bertz CT molecular complexity index is 483. The molecule has 2 N–H and O–H groups in total. The summed E-state index contributed by atoms with van der Waals surface area (Å²) in [7, 11) is 2.11. The first kappa shape index (κ1) is 13.4. The Labute approximate surface area is 119 Å². The van der Waals surface area contributed by atoms with Gasteiger partial charge in [-0.1, -0.05) is 18.2 Å². The maximum atomic E-state index is 12.3. The van der Waals surface area contributed by atoms with E-state index in [0.29, 0.717) is 0 Å². The second kappa shape index (κ2) is 5.81. The Kier molecular flexibility index (Phi) is 3.89. The van der Waals surface area contributed by atoms with Gasteiger partial charge in [0.05, 0.1) is 0 Å². The lowest BCUT2D eigenvalue weighted by Crippen LogP contribution is -2.55. The second-order valence-electron chi connectivity index (χ2n) is 5.66. The van der Waals surface area contributed by atoms with Crippen LogP contribution in [0.15, 0.2) is 24.3 Å². The molecule has 0 radical (unpaired) electrons. The average molecular weight is 274 g/mol. The predicted molar refractivity (Wildman–Crippen MR) is 79.4 cm³/mol. The summed E-state index contributed by atoms with van der Waals surface area (Å²) in [5, 5.41) is 5.38. The van der Waals surface area contributed by atoms with Gasteiger partial charge in [-0.05, 0) is 31.5 Å². The number of piperazine rings is 1. The van der Waals surface area contributed by atoms with Gasteiger partial charge in [0, 0.05) is 31.9 Å². The number of hydrogen-bond acceptors (Lipinski definition) is 4. The van der Waals surface area contributed by atoms with Crippen LogP contribution in [-0.2, 0) is 11.2 Å². The molecule has 1 saturated heterocycles. The molecule has 1 aromatic rings. The van der Waals surface area contributed by atoms with Crippen LogP contribution in [0.25, 0.3) is 0 Å². The molecule has 3 rings (SSSR count). The molecule has 2 aliphatic rings. The van der Waals surface area contributed by atoms with Crippen LogP contribution in [0.3, 0.4) is 0 Å². The van der Waals surface area contributed by atoms with E-state index in [1.54, 1.807) is 0 Å². The number of likely N-dealkylation sites (N-methyl/N-ethyl adjacent to an activating group) is 1. The molecule has 0 saturated carbocycles. The monoisotopic (exact) mass is 274 g/mol. The normalized spacial score (nSPS) is 23.8. The van der Waals surface area contributed by atoms with Crippen molar-refractivity contribution in [1.82, 2.24) is 15.3 Å². The van der Waals surface area contributed by atoms with Crippen molar-refractivity contribution >= 4 is 11.6 Å². The van der Waals surface area contributed by atoms with Crippen molar-refractivity contribution in [2.24, 2.45) is 0 Å². The average Bonchev–Trinajstić information content (AvgIpc) is 2.49. The third-order valence-corrected chi connectivity index (χ3v) is 4.14. The first-order valence-electron chi connectivity index (χ1n) is 7.31. The fourth-order valence-corrected chi connectivity index (χ4v) is 2.79. The Morgan fingerprint density at radius 2 is 2.00 bits per heavy atom. The SMILES string of the molecule is CN1CCN(NC(=O)C2CCc3ccccc3N2)CC1. The Hall–Kier alpha value is -1.59. The molecule has 0 spiro atoms. The molecule has 1 amide bonds. The minimum atomic E-state index is -0.121. The maximum Gasteiger partial charge on any atom is 0.256 e. The standard InChI is InChI=1S/C15H22N4O/c1-18-8-10-19(11-9-18)17-15(20)14-7-6-12-4-2-3-5-13(12)16-14/h2-5,14,16H,6-11H2,1H3,(H,17,20). The number of hydrazine groups is 1. The summed E-state index contributed by atoms with van der Waals surface area (Å²) < 4.78 is 0. The molecule has 1 fully saturated rings. The molecule has 2 aliphatic heterocycles. The number of anilines is 1. The molecule has 1 aromatic carbocycles. The fraction of sp³-hybridized carbons (Fsp3) is 0.533. The van der Waals surface area contributed by atoms with Gasteiger partial charge in [0.15, 0.2) is 0 Å². The summed E-state index contributed by atoms with van der Waals surface area (Å²) in [6.07, 6.45) is 1.82. The summed E-state index contributed by atoms with van der Waals surface area (Å²) in [4.78, 5) is 14.6. The number of para-hydroxylation sites is 1. The number of rotatable bonds is 2. The highest BCUT2D eigenvalue weighted by Gasteiger charge is 2.25. The third-order valence-electron chi connectivity index (χ3n) is 4.14. The van der Waals surface area contributed by atoms with E-state index < -0.39 is 0 Å². The minimum absolute atomic E-state index is 0.0871. The van der Waals surface area contributed by atoms with Crippen molar-refractivity contribution in [2.45, 2.75) is 18.9 Å². The zero-order chi connectivity index (χ0) is 13.9. The summed E-state index contributed by atoms with van der Waals surface area (Å²) in [6.45, 7) is 3.79. The molecule has 1 atom stereocenters. The molecule has 1 unspecified atom stereocenters. The first-order valence-corrected chi connectivity index (χ1v) is 7.31. The van der Waals surface area contributed by atoms with Crippen LogP contribution < -0.4 is 10.7 Å². The number of fused-ring (bicyclic) bond motifs is 1. The van der Waals surface area contributed by atoms with Gasteiger partial charge in [-0.25, -0.2) is 5.01 Å². The largest absolute Gasteiger partial charge is 0.373 e. The van der Waals surface area contributed by atoms with E-state index >= 15 is 0 Å². The molecular formula is C15H22N4O. The van der Waals surface area contributed by atoms with Crippen LogP contribution in [0.5, 0.6) is 0 Å². The minimum Gasteiger partial charge on any atom is -0.373 e. The molecule has 0 bridgehead atoms. The van der Waals surface area contributed by atoms with Crippen molar-refractivity contribution in [3.05, 3.63) is 29.8 Å². The second-order valence-corrected chi connectivity index (χ2v) is 5.66. The van der Waals surface area contributed by atoms with Gasteiger partial charge in [-0.2, -0.15) is 0 Å². The number of benzene rings is 1. The summed E-state index contributed by atoms with van der Waals surface area (Å²) >= 11 is 0. The van der Waals surface area contributed by atoms with Crippen molar-refractivity contribution in [3.8, 4) is 0 Å². The lowest BCUT2D eigenvalue weighted by atomic mass is 9.98. The predicted octanol–water partition coefficient (Wildman–Crippen LogP) is 0.692. The zero-order valence-corrected chi connectivity index (χ0v) is 11.9. The Balaban J connectivity index is 1.56. The van der Waals surface area contributed by atoms with Gasteiger partial charge in [0.1, 0.15) is 6.04 Å². The first-order chi connectivity index (χ1) is 9.72. The van der Waals surface area contributed by atoms with Gasteiger partial charge in [0.2, 0.25) is 0 Å². The van der Waals surface area contributed by atoms with E-state index in [4.69, 9.17) is 0 Å². The van der Waals surface area contributed by atoms with Crippen LogP contribution in [0.1, 0.15) is 12.0 Å². The number of nitrogens with zero attached hydrogens (tertiary/aromatic N) is 2. The van der Waals surface area contributed by atoms with Crippen molar-refractivity contribution in [3.63, 3.8) is 0 Å². The molecule has 2 heterocycles.